The standard InChI is InChI=1S/C37H43Cl2N5O5/c1-7-48-29-18-30(35(2,3)4)41-19-26(29)32-42-36(5,22-8-12-24(38)13-9-22)37(6,23-10-14-25(39)15-11-23)44(32)34(47)43-20-27-28(21-43)31(27)49-33(46)40-16-17-45/h8-15,18-19,27-28,31,45H,7,16-17,20-21H2,1-6H3,(H,40,46)/t27-,28+,31?,36-,37+/m0/s1. The molecule has 1 aromatic heterocycles. The number of aromatic nitrogens is 1. The minimum atomic E-state index is -1.06. The second-order valence-corrected chi connectivity index (χ2v) is 15.1. The van der Waals surface area contributed by atoms with E-state index in [9.17, 15) is 4.79 Å². The number of aliphatic hydroxyl groups excluding tert-OH is 1. The van der Waals surface area contributed by atoms with Crippen molar-refractivity contribution in [1.82, 2.24) is 20.1 Å². The van der Waals surface area contributed by atoms with E-state index in [2.05, 4.69) is 26.1 Å². The highest BCUT2D eigenvalue weighted by atomic mass is 35.5. The monoisotopic (exact) mass is 707 g/mol. The number of benzene rings is 2. The summed E-state index contributed by atoms with van der Waals surface area (Å²) in [4.78, 5) is 41.2. The number of likely N-dealkylation sites (tertiary alicyclic amines) is 1. The van der Waals surface area contributed by atoms with Gasteiger partial charge >= 0.3 is 12.1 Å². The van der Waals surface area contributed by atoms with Gasteiger partial charge in [0.05, 0.1) is 18.8 Å². The number of alkyl carbamates (subject to hydrolysis) is 1. The number of urea groups is 1. The molecule has 3 aromatic rings. The smallest absolute Gasteiger partial charge is 0.407 e. The maximum atomic E-state index is 15.1. The SMILES string of the molecule is CCOc1cc(C(C)(C)C)ncc1C1=N[C@@](C)(c2ccc(Cl)cc2)[C@@](C)(c2ccc(Cl)cc2)N1C(=O)N1C[C@@H]2C(OC(=O)NCCO)[C@@H]2C1. The second kappa shape index (κ2) is 13.1. The molecule has 49 heavy (non-hydrogen) atoms. The van der Waals surface area contributed by atoms with Crippen LogP contribution in [0.2, 0.25) is 10.0 Å². The van der Waals surface area contributed by atoms with Crippen molar-refractivity contribution in [3.05, 3.63) is 93.2 Å². The zero-order valence-corrected chi connectivity index (χ0v) is 30.2. The first kappa shape index (κ1) is 35.0. The molecule has 5 atom stereocenters. The number of ether oxygens (including phenoxy) is 2. The van der Waals surface area contributed by atoms with Gasteiger partial charge < -0.3 is 24.8 Å². The number of nitrogens with one attached hydrogen (secondary N) is 1. The van der Waals surface area contributed by atoms with Crippen molar-refractivity contribution in [1.29, 1.82) is 0 Å². The van der Waals surface area contributed by atoms with Crippen molar-refractivity contribution in [2.45, 2.75) is 64.1 Å². The number of carbonyl (C=O) groups is 2. The topological polar surface area (TPSA) is 117 Å². The minimum Gasteiger partial charge on any atom is -0.493 e. The number of nitrogens with zero attached hydrogens (tertiary/aromatic N) is 4. The number of aliphatic imine (C=N–C) groups is 1. The van der Waals surface area contributed by atoms with Crippen LogP contribution in [-0.2, 0) is 21.2 Å². The van der Waals surface area contributed by atoms with E-state index < -0.39 is 17.2 Å². The van der Waals surface area contributed by atoms with Crippen molar-refractivity contribution >= 4 is 41.2 Å². The average Bonchev–Trinajstić information content (AvgIpc) is 3.37. The van der Waals surface area contributed by atoms with E-state index in [-0.39, 0.29) is 42.5 Å². The summed E-state index contributed by atoms with van der Waals surface area (Å²) in [5.41, 5.74) is 0.865. The number of halogens is 2. The van der Waals surface area contributed by atoms with Crippen molar-refractivity contribution in [2.75, 3.05) is 32.8 Å². The fraction of sp³-hybridized carbons (Fsp3) is 0.459. The van der Waals surface area contributed by atoms with Crippen molar-refractivity contribution in [3.63, 3.8) is 0 Å². The molecule has 3 amide bonds. The molecule has 2 N–H and O–H groups in total. The van der Waals surface area contributed by atoms with Crippen LogP contribution < -0.4 is 10.1 Å². The molecule has 0 radical (unpaired) electrons. The lowest BCUT2D eigenvalue weighted by Gasteiger charge is -2.46. The lowest BCUT2D eigenvalue weighted by Crippen LogP contribution is -2.58. The first-order valence-electron chi connectivity index (χ1n) is 16.6. The Kier molecular flexibility index (Phi) is 9.36. The van der Waals surface area contributed by atoms with Crippen LogP contribution in [0.25, 0.3) is 0 Å². The molecule has 0 spiro atoms. The van der Waals surface area contributed by atoms with Crippen LogP contribution in [0.4, 0.5) is 9.59 Å². The lowest BCUT2D eigenvalue weighted by molar-refractivity contribution is 0.0957. The number of carbonyl (C=O) groups excluding carboxylic acids is 2. The molecular formula is C37H43Cl2N5O5. The molecule has 12 heteroatoms. The molecule has 10 nitrogen and oxygen atoms in total. The van der Waals surface area contributed by atoms with Gasteiger partial charge in [0.2, 0.25) is 0 Å². The van der Waals surface area contributed by atoms with Gasteiger partial charge in [-0.05, 0) is 56.2 Å². The van der Waals surface area contributed by atoms with Gasteiger partial charge in [-0.15, -0.1) is 0 Å². The van der Waals surface area contributed by atoms with Gasteiger partial charge in [0.25, 0.3) is 0 Å². The van der Waals surface area contributed by atoms with E-state index in [4.69, 9.17) is 47.8 Å². The molecule has 3 heterocycles. The highest BCUT2D eigenvalue weighted by Gasteiger charge is 2.64. The third-order valence-corrected chi connectivity index (χ3v) is 10.6. The Labute approximate surface area is 297 Å². The number of piperidine rings is 1. The molecule has 6 rings (SSSR count). The molecule has 1 saturated carbocycles. The number of aliphatic hydroxyl groups is 1. The van der Waals surface area contributed by atoms with Crippen molar-refractivity contribution in [3.8, 4) is 5.75 Å². The summed E-state index contributed by atoms with van der Waals surface area (Å²) in [6, 6.07) is 16.8. The van der Waals surface area contributed by atoms with Crippen LogP contribution in [0.1, 0.15) is 63.9 Å². The second-order valence-electron chi connectivity index (χ2n) is 14.2. The summed E-state index contributed by atoms with van der Waals surface area (Å²) in [7, 11) is 0. The number of hydrogen-bond donors (Lipinski definition) is 2. The Hall–Kier alpha value is -3.86. The summed E-state index contributed by atoms with van der Waals surface area (Å²) in [6.45, 7) is 13.5. The van der Waals surface area contributed by atoms with Crippen LogP contribution >= 0.6 is 23.2 Å². The molecule has 2 aromatic carbocycles. The van der Waals surface area contributed by atoms with Gasteiger partial charge in [-0.25, -0.2) is 9.59 Å². The van der Waals surface area contributed by atoms with E-state index in [0.29, 0.717) is 46.9 Å². The van der Waals surface area contributed by atoms with Gasteiger partial charge in [-0.3, -0.25) is 14.9 Å². The molecule has 3 aliphatic rings. The normalized spacial score (nSPS) is 25.9. The van der Waals surface area contributed by atoms with Crippen LogP contribution in [0.15, 0.2) is 65.8 Å². The van der Waals surface area contributed by atoms with E-state index in [0.717, 1.165) is 16.8 Å². The highest BCUT2D eigenvalue weighted by Crippen LogP contribution is 2.55. The fourth-order valence-electron chi connectivity index (χ4n) is 7.12. The maximum absolute atomic E-state index is 15.1. The van der Waals surface area contributed by atoms with Crippen molar-refractivity contribution in [2.24, 2.45) is 16.8 Å². The predicted octanol–water partition coefficient (Wildman–Crippen LogP) is 6.75. The molecule has 1 aliphatic carbocycles. The third-order valence-electron chi connectivity index (χ3n) is 10.1. The minimum absolute atomic E-state index is 0.0166. The molecule has 1 unspecified atom stereocenters. The summed E-state index contributed by atoms with van der Waals surface area (Å²) in [6.07, 6.45) is 0.913. The molecular weight excluding hydrogens is 665 g/mol. The predicted molar refractivity (Wildman–Crippen MR) is 189 cm³/mol. The Morgan fingerprint density at radius 2 is 1.59 bits per heavy atom. The molecule has 2 fully saturated rings. The Morgan fingerprint density at radius 1 is 1.00 bits per heavy atom. The summed E-state index contributed by atoms with van der Waals surface area (Å²) >= 11 is 12.8. The Morgan fingerprint density at radius 3 is 2.14 bits per heavy atom. The van der Waals surface area contributed by atoms with Crippen molar-refractivity contribution < 1.29 is 24.2 Å². The lowest BCUT2D eigenvalue weighted by atomic mass is 9.71. The van der Waals surface area contributed by atoms with E-state index in [1.165, 1.54) is 0 Å². The average molecular weight is 709 g/mol. The van der Waals surface area contributed by atoms with Gasteiger partial charge in [-0.2, -0.15) is 0 Å². The number of fused-ring (bicyclic) bond motifs is 1. The Balaban J connectivity index is 1.47. The van der Waals surface area contributed by atoms with Gasteiger partial charge in [-0.1, -0.05) is 68.2 Å². The zero-order valence-electron chi connectivity index (χ0n) is 28.7. The zero-order chi connectivity index (χ0) is 35.3. The summed E-state index contributed by atoms with van der Waals surface area (Å²) in [5.74, 6) is 1.06. The molecule has 0 bridgehead atoms. The Bertz CT molecular complexity index is 1750. The first-order chi connectivity index (χ1) is 23.2. The molecule has 2 aliphatic heterocycles. The number of amidine groups is 1. The van der Waals surface area contributed by atoms with Gasteiger partial charge in [0.1, 0.15) is 28.8 Å². The number of rotatable bonds is 8. The van der Waals surface area contributed by atoms with E-state index in [1.807, 2.05) is 80.3 Å². The van der Waals surface area contributed by atoms with Crippen LogP contribution in [0, 0.1) is 11.8 Å². The summed E-state index contributed by atoms with van der Waals surface area (Å²) < 4.78 is 11.8. The summed E-state index contributed by atoms with van der Waals surface area (Å²) in [5, 5.41) is 12.7. The van der Waals surface area contributed by atoms with Crippen LogP contribution in [0.5, 0.6) is 5.75 Å². The van der Waals surface area contributed by atoms with Crippen LogP contribution in [-0.4, -0.2) is 76.8 Å². The van der Waals surface area contributed by atoms with E-state index >= 15 is 4.79 Å². The largest absolute Gasteiger partial charge is 0.493 e. The maximum Gasteiger partial charge on any atom is 0.407 e. The van der Waals surface area contributed by atoms with Gasteiger partial charge in [0, 0.05) is 64.9 Å². The number of pyridine rings is 1. The highest BCUT2D eigenvalue weighted by molar-refractivity contribution is 6.30. The fourth-order valence-corrected chi connectivity index (χ4v) is 7.38. The molecule has 260 valence electrons. The van der Waals surface area contributed by atoms with Crippen LogP contribution in [0.3, 0.4) is 0 Å². The number of hydrogen-bond acceptors (Lipinski definition) is 7. The molecule has 1 saturated heterocycles. The third kappa shape index (κ3) is 6.23. The first-order valence-corrected chi connectivity index (χ1v) is 17.4. The van der Waals surface area contributed by atoms with Gasteiger partial charge in [0.15, 0.2) is 0 Å². The number of amides is 3. The van der Waals surface area contributed by atoms with E-state index in [1.54, 1.807) is 11.1 Å². The quantitative estimate of drug-likeness (QED) is 0.268.